The van der Waals surface area contributed by atoms with Gasteiger partial charge in [-0.3, -0.25) is 9.59 Å². The summed E-state index contributed by atoms with van der Waals surface area (Å²) in [5, 5.41) is 6.35. The smallest absolute Gasteiger partial charge is 0.338 e. The molecule has 3 aromatic rings. The molecule has 0 unspecified atom stereocenters. The first-order chi connectivity index (χ1) is 19.2. The third kappa shape index (κ3) is 6.40. The first-order valence-electron chi connectivity index (χ1n) is 13.5. The molecule has 0 aromatic heterocycles. The molecule has 0 saturated carbocycles. The Labute approximate surface area is 235 Å². The van der Waals surface area contributed by atoms with E-state index < -0.39 is 5.97 Å². The summed E-state index contributed by atoms with van der Waals surface area (Å²) in [5.41, 5.74) is 5.15. The number of esters is 1. The van der Waals surface area contributed by atoms with Crippen LogP contribution in [0.2, 0.25) is 0 Å². The number of hydrogen-bond donors (Lipinski definition) is 2. The van der Waals surface area contributed by atoms with Gasteiger partial charge >= 0.3 is 5.97 Å². The second kappa shape index (κ2) is 12.6. The lowest BCUT2D eigenvalue weighted by atomic mass is 9.99. The lowest BCUT2D eigenvalue weighted by Gasteiger charge is -2.28. The molecular formula is C32H36N4O4. The minimum Gasteiger partial charge on any atom is -0.462 e. The van der Waals surface area contributed by atoms with Crippen LogP contribution < -0.4 is 15.5 Å². The third-order valence-corrected chi connectivity index (χ3v) is 6.56. The standard InChI is InChI=1S/C32H36N4O4/c1-6-40-32(39)23-12-17-26-27(20-23)34-31(38)29(26)30(22-10-8-7-9-11-22)33-24-13-15-25(16-14-24)36(21(2)3)28(37)18-19-35(4)5/h7-17,20-21,33H,6,18-19H2,1-5H3,(H,34,38)/b30-29-. The van der Waals surface area contributed by atoms with Gasteiger partial charge in [-0.1, -0.05) is 36.4 Å². The summed E-state index contributed by atoms with van der Waals surface area (Å²) >= 11 is 0. The van der Waals surface area contributed by atoms with Crippen molar-refractivity contribution in [1.29, 1.82) is 0 Å². The van der Waals surface area contributed by atoms with Crippen LogP contribution in [-0.2, 0) is 14.3 Å². The summed E-state index contributed by atoms with van der Waals surface area (Å²) < 4.78 is 5.11. The van der Waals surface area contributed by atoms with Crippen molar-refractivity contribution in [2.45, 2.75) is 33.2 Å². The Kier molecular flexibility index (Phi) is 9.01. The van der Waals surface area contributed by atoms with E-state index in [0.717, 1.165) is 16.9 Å². The van der Waals surface area contributed by atoms with Gasteiger partial charge in [0.2, 0.25) is 5.91 Å². The van der Waals surface area contributed by atoms with Gasteiger partial charge in [-0.05, 0) is 76.8 Å². The van der Waals surface area contributed by atoms with E-state index in [1.807, 2.05) is 92.3 Å². The highest BCUT2D eigenvalue weighted by molar-refractivity contribution is 6.37. The highest BCUT2D eigenvalue weighted by atomic mass is 16.5. The Hall–Kier alpha value is -4.43. The summed E-state index contributed by atoms with van der Waals surface area (Å²) in [5.74, 6) is -0.636. The molecule has 4 rings (SSSR count). The SMILES string of the molecule is CCOC(=O)c1ccc2c(c1)NC(=O)/C2=C(\Nc1ccc(N(C(=O)CCN(C)C)C(C)C)cc1)c1ccccc1. The maximum Gasteiger partial charge on any atom is 0.338 e. The third-order valence-electron chi connectivity index (χ3n) is 6.56. The largest absolute Gasteiger partial charge is 0.462 e. The van der Waals surface area contributed by atoms with Crippen LogP contribution in [0.5, 0.6) is 0 Å². The molecule has 0 fully saturated rings. The number of benzene rings is 3. The van der Waals surface area contributed by atoms with E-state index >= 15 is 0 Å². The second-order valence-electron chi connectivity index (χ2n) is 10.1. The number of rotatable bonds is 10. The van der Waals surface area contributed by atoms with E-state index in [4.69, 9.17) is 4.74 Å². The number of amides is 2. The molecule has 0 saturated heterocycles. The maximum absolute atomic E-state index is 13.3. The molecule has 0 spiro atoms. The summed E-state index contributed by atoms with van der Waals surface area (Å²) in [6, 6.07) is 22.4. The van der Waals surface area contributed by atoms with Gasteiger partial charge < -0.3 is 25.2 Å². The van der Waals surface area contributed by atoms with E-state index in [2.05, 4.69) is 10.6 Å². The summed E-state index contributed by atoms with van der Waals surface area (Å²) in [4.78, 5) is 42.3. The summed E-state index contributed by atoms with van der Waals surface area (Å²) in [6.07, 6.45) is 0.432. The number of hydrogen-bond acceptors (Lipinski definition) is 6. The fourth-order valence-corrected chi connectivity index (χ4v) is 4.67. The first-order valence-corrected chi connectivity index (χ1v) is 13.5. The van der Waals surface area contributed by atoms with Crippen LogP contribution in [0.25, 0.3) is 11.3 Å². The van der Waals surface area contributed by atoms with Crippen molar-refractivity contribution >= 4 is 46.1 Å². The zero-order valence-electron chi connectivity index (χ0n) is 23.7. The van der Waals surface area contributed by atoms with Gasteiger partial charge in [0.15, 0.2) is 0 Å². The van der Waals surface area contributed by atoms with E-state index in [0.29, 0.717) is 41.1 Å². The summed E-state index contributed by atoms with van der Waals surface area (Å²) in [6.45, 7) is 6.71. The van der Waals surface area contributed by atoms with Crippen molar-refractivity contribution < 1.29 is 19.1 Å². The minimum absolute atomic E-state index is 0.00801. The van der Waals surface area contributed by atoms with Gasteiger partial charge in [0, 0.05) is 35.9 Å². The fourth-order valence-electron chi connectivity index (χ4n) is 4.67. The monoisotopic (exact) mass is 540 g/mol. The number of carbonyl (C=O) groups excluding carboxylic acids is 3. The van der Waals surface area contributed by atoms with Crippen LogP contribution in [0.15, 0.2) is 72.8 Å². The molecule has 8 heteroatoms. The molecule has 1 aliphatic heterocycles. The van der Waals surface area contributed by atoms with Crippen molar-refractivity contribution in [3.05, 3.63) is 89.5 Å². The molecule has 208 valence electrons. The van der Waals surface area contributed by atoms with Gasteiger partial charge in [0.05, 0.1) is 29.1 Å². The minimum atomic E-state index is -0.436. The predicted molar refractivity (Wildman–Crippen MR) is 160 cm³/mol. The lowest BCUT2D eigenvalue weighted by molar-refractivity contribution is -0.119. The quantitative estimate of drug-likeness (QED) is 0.261. The molecule has 8 nitrogen and oxygen atoms in total. The molecule has 1 heterocycles. The van der Waals surface area contributed by atoms with E-state index in [1.165, 1.54) is 0 Å². The number of fused-ring (bicyclic) bond motifs is 1. The number of nitrogens with one attached hydrogen (secondary N) is 2. The molecule has 0 bridgehead atoms. The number of nitrogens with zero attached hydrogens (tertiary/aromatic N) is 2. The maximum atomic E-state index is 13.3. The van der Waals surface area contributed by atoms with Gasteiger partial charge in [0.25, 0.3) is 5.91 Å². The molecule has 0 atom stereocenters. The molecule has 40 heavy (non-hydrogen) atoms. The Morgan fingerprint density at radius 2 is 1.65 bits per heavy atom. The van der Waals surface area contributed by atoms with Crippen LogP contribution in [0, 0.1) is 0 Å². The average molecular weight is 541 g/mol. The highest BCUT2D eigenvalue weighted by Crippen LogP contribution is 2.38. The van der Waals surface area contributed by atoms with Gasteiger partial charge in [0.1, 0.15) is 0 Å². The van der Waals surface area contributed by atoms with E-state index in [-0.39, 0.29) is 24.5 Å². The molecular weight excluding hydrogens is 504 g/mol. The number of anilines is 3. The van der Waals surface area contributed by atoms with Gasteiger partial charge in [-0.2, -0.15) is 0 Å². The normalized spacial score (nSPS) is 13.6. The Morgan fingerprint density at radius 1 is 0.950 bits per heavy atom. The molecule has 0 radical (unpaired) electrons. The van der Waals surface area contributed by atoms with Crippen LogP contribution in [0.3, 0.4) is 0 Å². The van der Waals surface area contributed by atoms with E-state index in [9.17, 15) is 14.4 Å². The Balaban J connectivity index is 1.69. The van der Waals surface area contributed by atoms with Crippen LogP contribution in [-0.4, -0.2) is 56.0 Å². The van der Waals surface area contributed by atoms with Crippen LogP contribution >= 0.6 is 0 Å². The summed E-state index contributed by atoms with van der Waals surface area (Å²) in [7, 11) is 3.91. The van der Waals surface area contributed by atoms with Crippen molar-refractivity contribution in [1.82, 2.24) is 4.90 Å². The van der Waals surface area contributed by atoms with Crippen LogP contribution in [0.4, 0.5) is 17.1 Å². The Bertz CT molecular complexity index is 1410. The van der Waals surface area contributed by atoms with Crippen LogP contribution in [0.1, 0.15) is 48.7 Å². The second-order valence-corrected chi connectivity index (χ2v) is 10.1. The topological polar surface area (TPSA) is 91.0 Å². The van der Waals surface area contributed by atoms with Gasteiger partial charge in [-0.25, -0.2) is 4.79 Å². The molecule has 0 aliphatic carbocycles. The number of ether oxygens (including phenoxy) is 1. The average Bonchev–Trinajstić information content (AvgIpc) is 3.26. The zero-order valence-corrected chi connectivity index (χ0v) is 23.7. The lowest BCUT2D eigenvalue weighted by Crippen LogP contribution is -2.38. The Morgan fingerprint density at radius 3 is 2.27 bits per heavy atom. The number of carbonyl (C=O) groups is 3. The van der Waals surface area contributed by atoms with E-state index in [1.54, 1.807) is 25.1 Å². The van der Waals surface area contributed by atoms with Crippen molar-refractivity contribution in [2.24, 2.45) is 0 Å². The van der Waals surface area contributed by atoms with Crippen molar-refractivity contribution in [3.8, 4) is 0 Å². The molecule has 2 amide bonds. The zero-order chi connectivity index (χ0) is 28.8. The molecule has 1 aliphatic rings. The van der Waals surface area contributed by atoms with Crippen molar-refractivity contribution in [2.75, 3.05) is 42.8 Å². The predicted octanol–water partition coefficient (Wildman–Crippen LogP) is 5.49. The fraction of sp³-hybridized carbons (Fsp3) is 0.281. The molecule has 2 N–H and O–H groups in total. The molecule has 3 aromatic carbocycles. The highest BCUT2D eigenvalue weighted by Gasteiger charge is 2.29. The van der Waals surface area contributed by atoms with Gasteiger partial charge in [-0.15, -0.1) is 0 Å². The first kappa shape index (κ1) is 28.6. The van der Waals surface area contributed by atoms with Crippen molar-refractivity contribution in [3.63, 3.8) is 0 Å².